The zero-order valence-electron chi connectivity index (χ0n) is 19.9. The highest BCUT2D eigenvalue weighted by Crippen LogP contribution is 2.55. The summed E-state index contributed by atoms with van der Waals surface area (Å²) in [6.45, 7) is 5.99. The number of rotatable bonds is 6. The minimum absolute atomic E-state index is 0. The number of nitrogens with zero attached hydrogens (tertiary/aromatic N) is 1. The van der Waals surface area contributed by atoms with Gasteiger partial charge in [0.05, 0.1) is 10.1 Å². The molecule has 2 unspecified atom stereocenters. The van der Waals surface area contributed by atoms with Crippen molar-refractivity contribution in [1.29, 1.82) is 0 Å². The van der Waals surface area contributed by atoms with Gasteiger partial charge in [0.2, 0.25) is 0 Å². The van der Waals surface area contributed by atoms with Crippen molar-refractivity contribution in [2.24, 2.45) is 0 Å². The number of thioether (sulfide) groups is 1. The van der Waals surface area contributed by atoms with Crippen LogP contribution in [0, 0.1) is 6.92 Å². The van der Waals surface area contributed by atoms with Crippen LogP contribution in [0.4, 0.5) is 0 Å². The van der Waals surface area contributed by atoms with Crippen molar-refractivity contribution < 1.29 is 19.7 Å². The lowest BCUT2D eigenvalue weighted by molar-refractivity contribution is 0.182. The van der Waals surface area contributed by atoms with E-state index in [9.17, 15) is 10.2 Å². The number of fused-ring (bicyclic) bond motifs is 1. The van der Waals surface area contributed by atoms with E-state index in [4.69, 9.17) is 9.47 Å². The molecular formula is C28H32ClNO4S. The fraction of sp³-hybridized carbons (Fsp3) is 0.357. The Hall–Kier alpha value is -2.54. The Morgan fingerprint density at radius 1 is 0.914 bits per heavy atom. The molecule has 5 rings (SSSR count). The summed E-state index contributed by atoms with van der Waals surface area (Å²) in [5.41, 5.74) is 3.10. The Kier molecular flexibility index (Phi) is 8.37. The van der Waals surface area contributed by atoms with Crippen LogP contribution >= 0.6 is 24.2 Å². The Morgan fingerprint density at radius 3 is 2.31 bits per heavy atom. The molecule has 0 aliphatic carbocycles. The number of aryl methyl sites for hydroxylation is 1. The van der Waals surface area contributed by atoms with Gasteiger partial charge in [-0.2, -0.15) is 0 Å². The molecule has 3 aromatic rings. The Labute approximate surface area is 217 Å². The first-order valence-electron chi connectivity index (χ1n) is 12.0. The molecule has 0 bridgehead atoms. The van der Waals surface area contributed by atoms with E-state index in [2.05, 4.69) is 17.0 Å². The van der Waals surface area contributed by atoms with Crippen molar-refractivity contribution in [2.75, 3.05) is 26.2 Å². The van der Waals surface area contributed by atoms with Crippen molar-refractivity contribution in [2.45, 2.75) is 42.4 Å². The highest BCUT2D eigenvalue weighted by molar-refractivity contribution is 7.99. The average Bonchev–Trinajstić information content (AvgIpc) is 2.85. The van der Waals surface area contributed by atoms with Crippen LogP contribution in [0.3, 0.4) is 0 Å². The second-order valence-electron chi connectivity index (χ2n) is 9.08. The summed E-state index contributed by atoms with van der Waals surface area (Å²) in [6, 6.07) is 18.9. The number of ether oxygens (including phenoxy) is 2. The summed E-state index contributed by atoms with van der Waals surface area (Å²) in [6.07, 6.45) is 3.67. The molecule has 3 aromatic carbocycles. The Bertz CT molecular complexity index is 1120. The highest BCUT2D eigenvalue weighted by Gasteiger charge is 2.34. The van der Waals surface area contributed by atoms with E-state index >= 15 is 0 Å². The predicted molar refractivity (Wildman–Crippen MR) is 142 cm³/mol. The van der Waals surface area contributed by atoms with Gasteiger partial charge >= 0.3 is 0 Å². The van der Waals surface area contributed by atoms with Gasteiger partial charge in [-0.25, -0.2) is 0 Å². The van der Waals surface area contributed by atoms with Gasteiger partial charge in [-0.05, 0) is 79.9 Å². The van der Waals surface area contributed by atoms with E-state index in [1.807, 2.05) is 31.2 Å². The van der Waals surface area contributed by atoms with Crippen LogP contribution in [-0.4, -0.2) is 41.4 Å². The van der Waals surface area contributed by atoms with Gasteiger partial charge in [-0.15, -0.1) is 24.2 Å². The second kappa shape index (κ2) is 11.5. The molecule has 2 atom stereocenters. The number of phenolic OH excluding ortho intramolecular Hbond substituents is 2. The summed E-state index contributed by atoms with van der Waals surface area (Å²) >= 11 is 1.73. The lowest BCUT2D eigenvalue weighted by Gasteiger charge is -2.34. The summed E-state index contributed by atoms with van der Waals surface area (Å²) < 4.78 is 12.5. The molecule has 0 spiro atoms. The summed E-state index contributed by atoms with van der Waals surface area (Å²) in [5, 5.41) is 19.9. The van der Waals surface area contributed by atoms with E-state index in [-0.39, 0.29) is 35.3 Å². The maximum absolute atomic E-state index is 10.1. The molecule has 0 amide bonds. The Morgan fingerprint density at radius 2 is 1.60 bits per heavy atom. The molecular weight excluding hydrogens is 482 g/mol. The van der Waals surface area contributed by atoms with Crippen LogP contribution in [0.5, 0.6) is 23.0 Å². The third kappa shape index (κ3) is 6.00. The van der Waals surface area contributed by atoms with Crippen LogP contribution in [-0.2, 0) is 0 Å². The second-order valence-corrected chi connectivity index (χ2v) is 10.2. The quantitative estimate of drug-likeness (QED) is 0.384. The smallest absolute Gasteiger partial charge is 0.140 e. The number of piperidine rings is 1. The maximum atomic E-state index is 10.1. The highest BCUT2D eigenvalue weighted by atomic mass is 35.5. The lowest BCUT2D eigenvalue weighted by atomic mass is 9.99. The minimum atomic E-state index is -0.245. The molecule has 2 N–H and O–H groups in total. The summed E-state index contributed by atoms with van der Waals surface area (Å²) in [5.74, 6) is 2.01. The predicted octanol–water partition coefficient (Wildman–Crippen LogP) is 6.66. The van der Waals surface area contributed by atoms with Gasteiger partial charge in [0, 0.05) is 12.6 Å². The van der Waals surface area contributed by atoms with Crippen molar-refractivity contribution in [3.05, 3.63) is 77.4 Å². The normalized spacial score (nSPS) is 19.8. The molecule has 7 heteroatoms. The third-order valence-corrected chi connectivity index (χ3v) is 8.09. The van der Waals surface area contributed by atoms with Crippen LogP contribution in [0.25, 0.3) is 0 Å². The average molecular weight is 514 g/mol. The molecule has 2 heterocycles. The minimum Gasteiger partial charge on any atom is -0.508 e. The molecule has 1 saturated heterocycles. The van der Waals surface area contributed by atoms with Gasteiger partial charge in [0.25, 0.3) is 0 Å². The standard InChI is InChI=1S/C28H31NO4S.ClH/c1-19-17-23(31)18-25-27(19)34-28(21-5-9-22(30)10-6-21)26(33-25)20-7-11-24(12-8-20)32-16-15-29-13-3-2-4-14-29;/h5-12,17-18,26,28,30-31H,2-4,13-16H2,1H3;1H. The zero-order valence-corrected chi connectivity index (χ0v) is 21.5. The van der Waals surface area contributed by atoms with E-state index in [1.165, 1.54) is 32.4 Å². The molecule has 1 fully saturated rings. The molecule has 2 aliphatic rings. The SMILES string of the molecule is Cc1cc(O)cc2c1SC(c1ccc(O)cc1)C(c1ccc(OCCN3CCCCC3)cc1)O2.Cl. The largest absolute Gasteiger partial charge is 0.508 e. The van der Waals surface area contributed by atoms with Gasteiger partial charge in [-0.1, -0.05) is 30.7 Å². The molecule has 186 valence electrons. The summed E-state index contributed by atoms with van der Waals surface area (Å²) in [7, 11) is 0. The Balaban J connectivity index is 0.00000289. The molecule has 0 radical (unpaired) electrons. The summed E-state index contributed by atoms with van der Waals surface area (Å²) in [4.78, 5) is 3.51. The van der Waals surface area contributed by atoms with Crippen molar-refractivity contribution in [3.8, 4) is 23.0 Å². The van der Waals surface area contributed by atoms with E-state index < -0.39 is 0 Å². The molecule has 0 saturated carbocycles. The fourth-order valence-corrected chi connectivity index (χ4v) is 6.08. The van der Waals surface area contributed by atoms with Crippen molar-refractivity contribution in [3.63, 3.8) is 0 Å². The van der Waals surface area contributed by atoms with Crippen molar-refractivity contribution >= 4 is 24.2 Å². The van der Waals surface area contributed by atoms with E-state index in [0.29, 0.717) is 12.4 Å². The maximum Gasteiger partial charge on any atom is 0.140 e. The van der Waals surface area contributed by atoms with Crippen LogP contribution in [0.15, 0.2) is 65.6 Å². The third-order valence-electron chi connectivity index (χ3n) is 6.55. The van der Waals surface area contributed by atoms with Crippen LogP contribution < -0.4 is 9.47 Å². The van der Waals surface area contributed by atoms with E-state index in [0.717, 1.165) is 33.9 Å². The van der Waals surface area contributed by atoms with Crippen LogP contribution in [0.1, 0.15) is 47.3 Å². The molecule has 35 heavy (non-hydrogen) atoms. The molecule has 2 aliphatic heterocycles. The van der Waals surface area contributed by atoms with Crippen LogP contribution in [0.2, 0.25) is 0 Å². The molecule has 5 nitrogen and oxygen atoms in total. The number of aromatic hydroxyl groups is 2. The first-order valence-corrected chi connectivity index (χ1v) is 12.9. The zero-order chi connectivity index (χ0) is 23.5. The van der Waals surface area contributed by atoms with Gasteiger partial charge < -0.3 is 19.7 Å². The number of benzene rings is 3. The van der Waals surface area contributed by atoms with Gasteiger partial charge in [0.15, 0.2) is 0 Å². The number of hydrogen-bond acceptors (Lipinski definition) is 6. The topological polar surface area (TPSA) is 62.2 Å². The fourth-order valence-electron chi connectivity index (χ4n) is 4.73. The lowest BCUT2D eigenvalue weighted by Crippen LogP contribution is -2.33. The van der Waals surface area contributed by atoms with E-state index in [1.54, 1.807) is 36.0 Å². The van der Waals surface area contributed by atoms with Crippen molar-refractivity contribution in [1.82, 2.24) is 4.90 Å². The molecule has 0 aromatic heterocycles. The number of halogens is 1. The van der Waals surface area contributed by atoms with Gasteiger partial charge in [-0.3, -0.25) is 4.90 Å². The number of likely N-dealkylation sites (tertiary alicyclic amines) is 1. The number of phenols is 2. The monoisotopic (exact) mass is 513 g/mol. The van der Waals surface area contributed by atoms with Gasteiger partial charge in [0.1, 0.15) is 35.7 Å². The first-order chi connectivity index (χ1) is 16.6. The number of hydrogen-bond donors (Lipinski definition) is 2. The first kappa shape index (κ1) is 25.5.